The van der Waals surface area contributed by atoms with Gasteiger partial charge in [-0.05, 0) is 65.8 Å². The Bertz CT molecular complexity index is 1820. The number of benzene rings is 1. The lowest BCUT2D eigenvalue weighted by atomic mass is 9.93. The predicted octanol–water partition coefficient (Wildman–Crippen LogP) is 6.01. The first kappa shape index (κ1) is 37.0. The van der Waals surface area contributed by atoms with Gasteiger partial charge in [0.25, 0.3) is 5.91 Å². The molecule has 1 atom stereocenters. The summed E-state index contributed by atoms with van der Waals surface area (Å²) >= 11 is 7.09. The maximum Gasteiger partial charge on any atom is 0.416 e. The van der Waals surface area contributed by atoms with E-state index in [9.17, 15) is 18.0 Å². The lowest BCUT2D eigenvalue weighted by Crippen LogP contribution is -2.32. The molecule has 0 saturated carbocycles. The molecule has 1 unspecified atom stereocenters. The van der Waals surface area contributed by atoms with Crippen LogP contribution in [0.2, 0.25) is 0 Å². The van der Waals surface area contributed by atoms with E-state index in [-0.39, 0.29) is 11.8 Å². The van der Waals surface area contributed by atoms with E-state index in [2.05, 4.69) is 61.5 Å². The number of imidazole rings is 1. The molecule has 12 heteroatoms. The van der Waals surface area contributed by atoms with E-state index in [0.29, 0.717) is 75.5 Å². The second-order valence-corrected chi connectivity index (χ2v) is 13.2. The number of hydrogen-bond acceptors (Lipinski definition) is 5. The topological polar surface area (TPSA) is 91.4 Å². The van der Waals surface area contributed by atoms with Crippen LogP contribution in [-0.2, 0) is 16.0 Å². The van der Waals surface area contributed by atoms with Crippen molar-refractivity contribution in [2.75, 3.05) is 44.8 Å². The van der Waals surface area contributed by atoms with Crippen molar-refractivity contribution in [2.45, 2.75) is 37.9 Å². The first-order chi connectivity index (χ1) is 23.7. The molecule has 1 amide bonds. The van der Waals surface area contributed by atoms with Crippen LogP contribution in [0, 0.1) is 0 Å². The van der Waals surface area contributed by atoms with Crippen LogP contribution in [0.1, 0.15) is 46.8 Å². The normalized spacial score (nSPS) is 19.9. The van der Waals surface area contributed by atoms with Crippen LogP contribution in [0.5, 0.6) is 0 Å². The van der Waals surface area contributed by atoms with E-state index in [0.717, 1.165) is 44.5 Å². The Morgan fingerprint density at radius 3 is 2.43 bits per heavy atom. The molecule has 3 N–H and O–H groups in total. The van der Waals surface area contributed by atoms with Crippen LogP contribution in [0.15, 0.2) is 94.6 Å². The fraction of sp³-hybridized carbons (Fsp3) is 0.351. The number of hydrogen-bond donors (Lipinski definition) is 2. The maximum atomic E-state index is 13.9. The van der Waals surface area contributed by atoms with E-state index in [4.69, 9.17) is 20.2 Å². The van der Waals surface area contributed by atoms with Gasteiger partial charge in [0.15, 0.2) is 0 Å². The molecule has 0 bridgehead atoms. The number of aromatic nitrogens is 2. The number of rotatable bonds is 13. The highest BCUT2D eigenvalue weighted by atomic mass is 79.9. The molecular formula is C37H39Br2F3N4O3. The van der Waals surface area contributed by atoms with E-state index >= 15 is 0 Å². The number of amides is 1. The standard InChI is InChI=1S/C37H39Br2F3N4O3/c38-23-25-4-8-27(9-5-25)33-34(28-12-14-32(39)15-13-28)46(35(45-33)30-2-1-3-31(22-30)37(40,41)42)24-26-6-10-29(11-7-26)36(47)44-17-19-49-21-20-48-18-16-43/h1,3-8,10-12,14-15,22,27H,2,9,13,16-21,23-24,43H2,(H,44,47). The van der Waals surface area contributed by atoms with Gasteiger partial charge in [-0.25, -0.2) is 4.98 Å². The number of carbonyl (C=O) groups excluding carboxylic acids is 1. The van der Waals surface area contributed by atoms with Crippen molar-refractivity contribution < 1.29 is 27.4 Å². The van der Waals surface area contributed by atoms with Gasteiger partial charge in [-0.3, -0.25) is 4.79 Å². The second-order valence-electron chi connectivity index (χ2n) is 11.7. The van der Waals surface area contributed by atoms with Gasteiger partial charge in [0.05, 0.1) is 43.0 Å². The Balaban J connectivity index is 1.49. The molecule has 1 aromatic heterocycles. The van der Waals surface area contributed by atoms with Crippen molar-refractivity contribution in [3.8, 4) is 0 Å². The number of nitrogens with one attached hydrogen (secondary N) is 1. The second kappa shape index (κ2) is 17.6. The average Bonchev–Trinajstić information content (AvgIpc) is 3.48. The summed E-state index contributed by atoms with van der Waals surface area (Å²) in [4.78, 5) is 18.0. The van der Waals surface area contributed by atoms with Crippen molar-refractivity contribution in [1.29, 1.82) is 0 Å². The van der Waals surface area contributed by atoms with Gasteiger partial charge in [-0.2, -0.15) is 13.2 Å². The number of allylic oxidation sites excluding steroid dienone is 12. The highest BCUT2D eigenvalue weighted by molar-refractivity contribution is 9.11. The van der Waals surface area contributed by atoms with Crippen LogP contribution in [0.4, 0.5) is 13.2 Å². The van der Waals surface area contributed by atoms with Gasteiger partial charge < -0.3 is 25.1 Å². The zero-order valence-electron chi connectivity index (χ0n) is 26.9. The third kappa shape index (κ3) is 9.91. The summed E-state index contributed by atoms with van der Waals surface area (Å²) in [5, 5.41) is 4.49. The predicted molar refractivity (Wildman–Crippen MR) is 194 cm³/mol. The molecule has 0 aliphatic heterocycles. The summed E-state index contributed by atoms with van der Waals surface area (Å²) in [5.74, 6) is -0.275. The Morgan fingerprint density at radius 2 is 1.78 bits per heavy atom. The number of nitrogens with two attached hydrogens (primary N) is 1. The van der Waals surface area contributed by atoms with Crippen LogP contribution in [-0.4, -0.2) is 66.5 Å². The van der Waals surface area contributed by atoms with Gasteiger partial charge in [-0.1, -0.05) is 86.5 Å². The highest BCUT2D eigenvalue weighted by Crippen LogP contribution is 2.31. The van der Waals surface area contributed by atoms with Gasteiger partial charge >= 0.3 is 6.18 Å². The molecule has 3 aliphatic rings. The maximum absolute atomic E-state index is 13.9. The van der Waals surface area contributed by atoms with Crippen LogP contribution in [0.3, 0.4) is 0 Å². The summed E-state index contributed by atoms with van der Waals surface area (Å²) < 4.78 is 55.4. The number of ether oxygens (including phenoxy) is 2. The fourth-order valence-corrected chi connectivity index (χ4v) is 6.47. The molecular weight excluding hydrogens is 765 g/mol. The molecule has 0 spiro atoms. The first-order valence-corrected chi connectivity index (χ1v) is 18.1. The monoisotopic (exact) mass is 802 g/mol. The highest BCUT2D eigenvalue weighted by Gasteiger charge is 2.33. The SMILES string of the molecule is NCCOCCOCCNC(=O)c1ccc(Cn2c(=C3C=C(C(F)(F)F)C=CC3)nc(C3C=CC(CBr)=CC3)c2=C2C=CC(Br)=CC2)cc1. The Hall–Kier alpha value is -3.29. The summed E-state index contributed by atoms with van der Waals surface area (Å²) in [6, 6.07) is 7.26. The van der Waals surface area contributed by atoms with Crippen LogP contribution >= 0.6 is 31.9 Å². The lowest BCUT2D eigenvalue weighted by molar-refractivity contribution is -0.0882. The van der Waals surface area contributed by atoms with Gasteiger partial charge in [0.2, 0.25) is 0 Å². The Morgan fingerprint density at radius 1 is 1.00 bits per heavy atom. The molecule has 2 aromatic rings. The molecule has 3 aliphatic carbocycles. The molecule has 7 nitrogen and oxygen atoms in total. The van der Waals surface area contributed by atoms with Crippen molar-refractivity contribution >= 4 is 48.9 Å². The Labute approximate surface area is 300 Å². The zero-order chi connectivity index (χ0) is 34.8. The fourth-order valence-electron chi connectivity index (χ4n) is 5.76. The van der Waals surface area contributed by atoms with Crippen molar-refractivity contribution in [3.05, 3.63) is 122 Å². The van der Waals surface area contributed by atoms with Crippen LogP contribution in [0.25, 0.3) is 11.1 Å². The van der Waals surface area contributed by atoms with Gasteiger partial charge in [-0.15, -0.1) is 0 Å². The summed E-state index contributed by atoms with van der Waals surface area (Å²) in [6.07, 6.45) is 13.6. The zero-order valence-corrected chi connectivity index (χ0v) is 30.1. The largest absolute Gasteiger partial charge is 0.416 e. The van der Waals surface area contributed by atoms with E-state index in [1.54, 1.807) is 18.2 Å². The first-order valence-electron chi connectivity index (χ1n) is 16.2. The third-order valence-electron chi connectivity index (χ3n) is 8.24. The molecule has 49 heavy (non-hydrogen) atoms. The number of alkyl halides is 4. The number of carbonyl (C=O) groups is 1. The molecule has 1 aromatic carbocycles. The van der Waals surface area contributed by atoms with E-state index in [1.807, 2.05) is 28.9 Å². The number of nitrogens with zero attached hydrogens (tertiary/aromatic N) is 2. The molecule has 1 heterocycles. The van der Waals surface area contributed by atoms with Crippen molar-refractivity contribution in [1.82, 2.24) is 14.9 Å². The smallest absolute Gasteiger partial charge is 0.378 e. The molecule has 0 fully saturated rings. The van der Waals surface area contributed by atoms with Gasteiger partial charge in [0.1, 0.15) is 5.48 Å². The van der Waals surface area contributed by atoms with Crippen LogP contribution < -0.4 is 21.9 Å². The van der Waals surface area contributed by atoms with Crippen molar-refractivity contribution in [2.24, 2.45) is 5.73 Å². The van der Waals surface area contributed by atoms with E-state index in [1.165, 1.54) is 11.6 Å². The van der Waals surface area contributed by atoms with E-state index < -0.39 is 11.7 Å². The minimum Gasteiger partial charge on any atom is -0.378 e. The molecule has 5 rings (SSSR count). The Kier molecular flexibility index (Phi) is 13.3. The van der Waals surface area contributed by atoms with Gasteiger partial charge in [0, 0.05) is 40.9 Å². The summed E-state index contributed by atoms with van der Waals surface area (Å²) in [7, 11) is 0. The molecule has 260 valence electrons. The quantitative estimate of drug-likeness (QED) is 0.192. The average molecular weight is 805 g/mol. The molecule has 0 saturated heterocycles. The number of halogens is 5. The lowest BCUT2D eigenvalue weighted by Gasteiger charge is -2.16. The minimum atomic E-state index is -4.48. The third-order valence-corrected chi connectivity index (χ3v) is 9.48. The summed E-state index contributed by atoms with van der Waals surface area (Å²) in [5.41, 5.74) is 10.1. The van der Waals surface area contributed by atoms with Crippen molar-refractivity contribution in [3.63, 3.8) is 0 Å². The minimum absolute atomic E-state index is 0.0487. The summed E-state index contributed by atoms with van der Waals surface area (Å²) in [6.45, 7) is 2.85. The molecule has 0 radical (unpaired) electrons.